The summed E-state index contributed by atoms with van der Waals surface area (Å²) in [4.78, 5) is 4.04. The first-order valence-corrected chi connectivity index (χ1v) is 4.07. The molecule has 0 bridgehead atoms. The van der Waals surface area contributed by atoms with E-state index in [-0.39, 0.29) is 12.2 Å². The largest absolute Gasteiger partial charge is 0.365 e. The molecule has 1 fully saturated rings. The molecule has 5 heteroatoms. The highest BCUT2D eigenvalue weighted by Gasteiger charge is 2.22. The van der Waals surface area contributed by atoms with E-state index < -0.39 is 0 Å². The molecule has 1 aromatic rings. The number of nitrogens with zero attached hydrogens (tertiary/aromatic N) is 2. The first-order valence-electron chi connectivity index (χ1n) is 4.07. The maximum Gasteiger partial charge on any atom is 0.154 e. The zero-order valence-electron chi connectivity index (χ0n) is 6.95. The normalized spacial score (nSPS) is 30.4. The van der Waals surface area contributed by atoms with Crippen LogP contribution < -0.4 is 5.32 Å². The summed E-state index contributed by atoms with van der Waals surface area (Å²) in [5, 5.41) is 9.84. The van der Waals surface area contributed by atoms with E-state index in [9.17, 15) is 0 Å². The second-order valence-electron chi connectivity index (χ2n) is 2.96. The molecule has 0 aliphatic carbocycles. The van der Waals surface area contributed by atoms with Gasteiger partial charge in [0, 0.05) is 13.1 Å². The van der Waals surface area contributed by atoms with E-state index in [1.54, 1.807) is 0 Å². The summed E-state index contributed by atoms with van der Waals surface area (Å²) < 4.78 is 5.63. The Bertz CT molecular complexity index is 236. The molecule has 1 aliphatic rings. The van der Waals surface area contributed by atoms with E-state index in [1.165, 1.54) is 6.33 Å². The lowest BCUT2D eigenvalue weighted by Gasteiger charge is -2.26. The molecule has 2 heterocycles. The van der Waals surface area contributed by atoms with Gasteiger partial charge in [0.25, 0.3) is 0 Å². The summed E-state index contributed by atoms with van der Waals surface area (Å²) in [6.07, 6.45) is 1.77. The topological polar surface area (TPSA) is 62.8 Å². The molecule has 1 aliphatic heterocycles. The third kappa shape index (κ3) is 1.46. The van der Waals surface area contributed by atoms with Gasteiger partial charge in [-0.05, 0) is 6.92 Å². The predicted octanol–water partition coefficient (Wildman–Crippen LogP) is -0.146. The van der Waals surface area contributed by atoms with Crippen LogP contribution in [0.15, 0.2) is 6.33 Å². The van der Waals surface area contributed by atoms with Crippen LogP contribution >= 0.6 is 0 Å². The molecule has 0 saturated carbocycles. The zero-order chi connectivity index (χ0) is 8.39. The predicted molar refractivity (Wildman–Crippen MR) is 42.5 cm³/mol. The second kappa shape index (κ2) is 3.20. The highest BCUT2D eigenvalue weighted by atomic mass is 16.5. The van der Waals surface area contributed by atoms with Gasteiger partial charge >= 0.3 is 0 Å². The Morgan fingerprint density at radius 2 is 2.50 bits per heavy atom. The number of aromatic nitrogens is 3. The summed E-state index contributed by atoms with van der Waals surface area (Å²) in [5.41, 5.74) is 0. The molecule has 5 nitrogen and oxygen atoms in total. The Morgan fingerprint density at radius 1 is 1.58 bits per heavy atom. The van der Waals surface area contributed by atoms with Gasteiger partial charge in [0.2, 0.25) is 0 Å². The number of hydrogen-bond acceptors (Lipinski definition) is 4. The van der Waals surface area contributed by atoms with Crippen LogP contribution in [0.4, 0.5) is 0 Å². The van der Waals surface area contributed by atoms with E-state index in [0.717, 1.165) is 18.9 Å². The number of hydrogen-bond donors (Lipinski definition) is 2. The average Bonchev–Trinajstić information content (AvgIpc) is 2.56. The van der Waals surface area contributed by atoms with Crippen molar-refractivity contribution in [3.05, 3.63) is 12.2 Å². The molecule has 0 radical (unpaired) electrons. The first kappa shape index (κ1) is 7.70. The Morgan fingerprint density at radius 3 is 3.17 bits per heavy atom. The minimum absolute atomic E-state index is 0.0243. The van der Waals surface area contributed by atoms with Crippen molar-refractivity contribution in [3.63, 3.8) is 0 Å². The minimum atomic E-state index is 0.0243. The lowest BCUT2D eigenvalue weighted by Crippen LogP contribution is -2.39. The van der Waals surface area contributed by atoms with Gasteiger partial charge in [-0.1, -0.05) is 0 Å². The molecule has 2 unspecified atom stereocenters. The molecular formula is C7H12N4O. The van der Waals surface area contributed by atoms with Crippen LogP contribution in [-0.4, -0.2) is 34.4 Å². The quantitative estimate of drug-likeness (QED) is 0.612. The fourth-order valence-electron chi connectivity index (χ4n) is 1.33. The SMILES string of the molecule is CC1CNCC(c2ncn[nH]2)O1. The Hall–Kier alpha value is -0.940. The van der Waals surface area contributed by atoms with Gasteiger partial charge in [0.05, 0.1) is 6.10 Å². The van der Waals surface area contributed by atoms with Crippen molar-refractivity contribution in [2.75, 3.05) is 13.1 Å². The van der Waals surface area contributed by atoms with E-state index in [4.69, 9.17) is 4.74 Å². The van der Waals surface area contributed by atoms with Gasteiger partial charge in [0.1, 0.15) is 12.4 Å². The van der Waals surface area contributed by atoms with Gasteiger partial charge in [0.15, 0.2) is 5.82 Å². The number of nitrogens with one attached hydrogen (secondary N) is 2. The summed E-state index contributed by atoms with van der Waals surface area (Å²) in [7, 11) is 0. The summed E-state index contributed by atoms with van der Waals surface area (Å²) in [5.74, 6) is 0.800. The first-order chi connectivity index (χ1) is 5.86. The molecule has 1 saturated heterocycles. The molecule has 1 aromatic heterocycles. The molecule has 2 atom stereocenters. The van der Waals surface area contributed by atoms with Crippen molar-refractivity contribution >= 4 is 0 Å². The molecule has 12 heavy (non-hydrogen) atoms. The summed E-state index contributed by atoms with van der Waals surface area (Å²) in [6.45, 7) is 3.75. The average molecular weight is 168 g/mol. The molecule has 2 N–H and O–H groups in total. The maximum atomic E-state index is 5.63. The number of rotatable bonds is 1. The van der Waals surface area contributed by atoms with Crippen LogP contribution in [-0.2, 0) is 4.74 Å². The molecule has 0 aromatic carbocycles. The lowest BCUT2D eigenvalue weighted by molar-refractivity contribution is -0.0329. The van der Waals surface area contributed by atoms with Crippen LogP contribution in [0.2, 0.25) is 0 Å². The molecule has 0 amide bonds. The molecular weight excluding hydrogens is 156 g/mol. The highest BCUT2D eigenvalue weighted by Crippen LogP contribution is 2.16. The van der Waals surface area contributed by atoms with Gasteiger partial charge in [-0.15, -0.1) is 0 Å². The fourth-order valence-corrected chi connectivity index (χ4v) is 1.33. The fraction of sp³-hybridized carbons (Fsp3) is 0.714. The van der Waals surface area contributed by atoms with Crippen LogP contribution in [0.5, 0.6) is 0 Å². The monoisotopic (exact) mass is 168 g/mol. The number of H-pyrrole nitrogens is 1. The second-order valence-corrected chi connectivity index (χ2v) is 2.96. The van der Waals surface area contributed by atoms with Crippen molar-refractivity contribution in [2.24, 2.45) is 0 Å². The molecule has 2 rings (SSSR count). The maximum absolute atomic E-state index is 5.63. The molecule has 66 valence electrons. The highest BCUT2D eigenvalue weighted by molar-refractivity contribution is 4.91. The van der Waals surface area contributed by atoms with E-state index in [2.05, 4.69) is 20.5 Å². The Labute approximate surface area is 70.5 Å². The summed E-state index contributed by atoms with van der Waals surface area (Å²) in [6, 6.07) is 0. The van der Waals surface area contributed by atoms with Crippen LogP contribution in [0.25, 0.3) is 0 Å². The van der Waals surface area contributed by atoms with Crippen molar-refractivity contribution in [1.29, 1.82) is 0 Å². The third-order valence-electron chi connectivity index (χ3n) is 1.90. The minimum Gasteiger partial charge on any atom is -0.365 e. The van der Waals surface area contributed by atoms with Gasteiger partial charge in [-0.2, -0.15) is 5.10 Å². The van der Waals surface area contributed by atoms with Crippen LogP contribution in [0, 0.1) is 0 Å². The number of aromatic amines is 1. The van der Waals surface area contributed by atoms with Crippen molar-refractivity contribution in [3.8, 4) is 0 Å². The smallest absolute Gasteiger partial charge is 0.154 e. The van der Waals surface area contributed by atoms with E-state index in [1.807, 2.05) is 6.92 Å². The van der Waals surface area contributed by atoms with Crippen molar-refractivity contribution in [2.45, 2.75) is 19.1 Å². The lowest BCUT2D eigenvalue weighted by atomic mass is 10.2. The Balaban J connectivity index is 2.04. The van der Waals surface area contributed by atoms with Gasteiger partial charge in [-0.3, -0.25) is 5.10 Å². The standard InChI is InChI=1S/C7H12N4O/c1-5-2-8-3-6(12-5)7-9-4-10-11-7/h4-6,8H,2-3H2,1H3,(H,9,10,11). The number of ether oxygens (including phenoxy) is 1. The third-order valence-corrected chi connectivity index (χ3v) is 1.90. The van der Waals surface area contributed by atoms with E-state index in [0.29, 0.717) is 0 Å². The Kier molecular flexibility index (Phi) is 2.05. The van der Waals surface area contributed by atoms with E-state index >= 15 is 0 Å². The van der Waals surface area contributed by atoms with Crippen molar-refractivity contribution < 1.29 is 4.74 Å². The van der Waals surface area contributed by atoms with Crippen molar-refractivity contribution in [1.82, 2.24) is 20.5 Å². The van der Waals surface area contributed by atoms with Gasteiger partial charge < -0.3 is 10.1 Å². The van der Waals surface area contributed by atoms with Gasteiger partial charge in [-0.25, -0.2) is 4.98 Å². The van der Waals surface area contributed by atoms with Crippen LogP contribution in [0.1, 0.15) is 18.9 Å². The number of morpholine rings is 1. The summed E-state index contributed by atoms with van der Waals surface area (Å²) >= 11 is 0. The zero-order valence-corrected chi connectivity index (χ0v) is 6.95. The molecule has 0 spiro atoms. The van der Waals surface area contributed by atoms with Crippen LogP contribution in [0.3, 0.4) is 0 Å².